The highest BCUT2D eigenvalue weighted by molar-refractivity contribution is 7.88. The van der Waals surface area contributed by atoms with E-state index in [1.165, 1.54) is 0 Å². The summed E-state index contributed by atoms with van der Waals surface area (Å²) in [6.07, 6.45) is 1.79. The molecule has 0 radical (unpaired) electrons. The zero-order valence-corrected chi connectivity index (χ0v) is 15.3. The summed E-state index contributed by atoms with van der Waals surface area (Å²) < 4.78 is 84.2. The van der Waals surface area contributed by atoms with E-state index in [9.17, 15) is 25.3 Å². The van der Waals surface area contributed by atoms with Crippen LogP contribution >= 0.6 is 0 Å². The van der Waals surface area contributed by atoms with Crippen LogP contribution in [0.15, 0.2) is 0 Å². The molecule has 0 heterocycles. The Morgan fingerprint density at radius 2 is 1.17 bits per heavy atom. The van der Waals surface area contributed by atoms with Gasteiger partial charge >= 0.3 is 0 Å². The van der Waals surface area contributed by atoms with Crippen LogP contribution in [0.2, 0.25) is 0 Å². The van der Waals surface area contributed by atoms with E-state index in [0.29, 0.717) is 26.1 Å². The molecule has 0 spiro atoms. The molecule has 0 unspecified atom stereocenters. The lowest BCUT2D eigenvalue weighted by Crippen LogP contribution is -2.32. The van der Waals surface area contributed by atoms with Crippen LogP contribution in [-0.4, -0.2) is 83.2 Å². The zero-order chi connectivity index (χ0) is 18.1. The molecule has 0 bridgehead atoms. The first-order chi connectivity index (χ1) is 10.3. The van der Waals surface area contributed by atoms with Gasteiger partial charge in [-0.25, -0.2) is 13.1 Å². The third kappa shape index (κ3) is 17.9. The smallest absolute Gasteiger partial charge is 0.264 e. The Labute approximate surface area is 137 Å². The fourth-order valence-electron chi connectivity index (χ4n) is 1.84. The molecular formula is C10H24N2O8S3. The predicted molar refractivity (Wildman–Crippen MR) is 86.0 cm³/mol. The largest absolute Gasteiger partial charge is 0.303 e. The highest BCUT2D eigenvalue weighted by Crippen LogP contribution is 2.00. The summed E-state index contributed by atoms with van der Waals surface area (Å²) in [5, 5.41) is 0. The molecule has 0 aromatic heterocycles. The van der Waals surface area contributed by atoms with Crippen LogP contribution in [0.25, 0.3) is 0 Å². The number of hydrogen-bond acceptors (Lipinski definition) is 7. The SMILES string of the molecule is CS(=O)(=O)NCCCN(CCCS(=O)(=O)O)CCCS(=O)(=O)O. The van der Waals surface area contributed by atoms with Crippen molar-refractivity contribution >= 4 is 30.3 Å². The number of nitrogens with zero attached hydrogens (tertiary/aromatic N) is 1. The minimum Gasteiger partial charge on any atom is -0.303 e. The lowest BCUT2D eigenvalue weighted by Gasteiger charge is -2.21. The monoisotopic (exact) mass is 396 g/mol. The van der Waals surface area contributed by atoms with Gasteiger partial charge in [-0.2, -0.15) is 16.8 Å². The Morgan fingerprint density at radius 3 is 1.52 bits per heavy atom. The molecule has 0 aromatic carbocycles. The summed E-state index contributed by atoms with van der Waals surface area (Å²) in [6, 6.07) is 0. The van der Waals surface area contributed by atoms with E-state index in [4.69, 9.17) is 9.11 Å². The van der Waals surface area contributed by atoms with Crippen molar-refractivity contribution in [3.63, 3.8) is 0 Å². The van der Waals surface area contributed by atoms with Crippen molar-refractivity contribution in [2.75, 3.05) is 43.9 Å². The summed E-state index contributed by atoms with van der Waals surface area (Å²) in [5.41, 5.74) is 0. The van der Waals surface area contributed by atoms with Gasteiger partial charge in [0.2, 0.25) is 10.0 Å². The molecule has 0 aliphatic carbocycles. The fraction of sp³-hybridized carbons (Fsp3) is 1.00. The summed E-state index contributed by atoms with van der Waals surface area (Å²) in [7, 11) is -11.4. The van der Waals surface area contributed by atoms with Crippen molar-refractivity contribution in [3.05, 3.63) is 0 Å². The minimum atomic E-state index is -4.06. The van der Waals surface area contributed by atoms with E-state index < -0.39 is 41.8 Å². The van der Waals surface area contributed by atoms with E-state index in [1.807, 2.05) is 0 Å². The first-order valence-electron chi connectivity index (χ1n) is 6.86. The van der Waals surface area contributed by atoms with Crippen molar-refractivity contribution in [2.24, 2.45) is 0 Å². The zero-order valence-electron chi connectivity index (χ0n) is 12.9. The molecule has 13 heteroatoms. The van der Waals surface area contributed by atoms with E-state index in [0.717, 1.165) is 6.26 Å². The molecule has 0 atom stereocenters. The second-order valence-electron chi connectivity index (χ2n) is 5.14. The van der Waals surface area contributed by atoms with Crippen LogP contribution in [0.5, 0.6) is 0 Å². The molecule has 3 N–H and O–H groups in total. The topological polar surface area (TPSA) is 158 Å². The van der Waals surface area contributed by atoms with E-state index in [2.05, 4.69) is 4.72 Å². The van der Waals surface area contributed by atoms with Gasteiger partial charge in [0.25, 0.3) is 20.2 Å². The van der Waals surface area contributed by atoms with Crippen molar-refractivity contribution < 1.29 is 34.4 Å². The Hall–Kier alpha value is -0.310. The first-order valence-corrected chi connectivity index (χ1v) is 12.0. The minimum absolute atomic E-state index is 0.157. The van der Waals surface area contributed by atoms with Crippen molar-refractivity contribution in [1.29, 1.82) is 0 Å². The first kappa shape index (κ1) is 22.7. The van der Waals surface area contributed by atoms with Crippen molar-refractivity contribution in [3.8, 4) is 0 Å². The highest BCUT2D eigenvalue weighted by Gasteiger charge is 2.11. The van der Waals surface area contributed by atoms with Crippen LogP contribution < -0.4 is 4.72 Å². The number of sulfonamides is 1. The van der Waals surface area contributed by atoms with Crippen LogP contribution in [0.3, 0.4) is 0 Å². The normalized spacial score (nSPS) is 13.6. The van der Waals surface area contributed by atoms with Gasteiger partial charge in [-0.3, -0.25) is 9.11 Å². The maximum atomic E-state index is 10.9. The average molecular weight is 397 g/mol. The van der Waals surface area contributed by atoms with Crippen LogP contribution in [-0.2, 0) is 30.3 Å². The van der Waals surface area contributed by atoms with Crippen molar-refractivity contribution in [2.45, 2.75) is 19.3 Å². The molecule has 0 rings (SSSR count). The standard InChI is InChI=1S/C10H24N2O8S3/c1-21(13,14)11-5-2-6-12(7-3-9-22(15,16)17)8-4-10-23(18,19)20/h11H,2-10H2,1H3,(H,15,16,17)(H,18,19,20). The summed E-state index contributed by atoms with van der Waals surface area (Å²) in [6.45, 7) is 1.21. The van der Waals surface area contributed by atoms with Crippen LogP contribution in [0.1, 0.15) is 19.3 Å². The van der Waals surface area contributed by atoms with Gasteiger partial charge in [-0.05, 0) is 38.9 Å². The number of rotatable bonds is 13. The lowest BCUT2D eigenvalue weighted by atomic mass is 10.3. The van der Waals surface area contributed by atoms with E-state index in [-0.39, 0.29) is 19.4 Å². The average Bonchev–Trinajstić information content (AvgIpc) is 2.29. The maximum absolute atomic E-state index is 10.9. The summed E-state index contributed by atoms with van der Waals surface area (Å²) in [4.78, 5) is 1.75. The molecule has 0 aliphatic rings. The van der Waals surface area contributed by atoms with E-state index in [1.54, 1.807) is 4.90 Å². The Balaban J connectivity index is 4.30. The van der Waals surface area contributed by atoms with Gasteiger partial charge in [0.05, 0.1) is 17.8 Å². The Bertz CT molecular complexity index is 604. The number of hydrogen-bond donors (Lipinski definition) is 3. The predicted octanol–water partition coefficient (Wildman–Crippen LogP) is -1.22. The second-order valence-corrected chi connectivity index (χ2v) is 10.1. The molecule has 0 amide bonds. The summed E-state index contributed by atoms with van der Waals surface area (Å²) >= 11 is 0. The van der Waals surface area contributed by atoms with Gasteiger partial charge in [-0.15, -0.1) is 0 Å². The van der Waals surface area contributed by atoms with Crippen molar-refractivity contribution in [1.82, 2.24) is 9.62 Å². The van der Waals surface area contributed by atoms with Gasteiger partial charge in [-0.1, -0.05) is 0 Å². The quantitative estimate of drug-likeness (QED) is 0.256. The molecule has 23 heavy (non-hydrogen) atoms. The third-order valence-corrected chi connectivity index (χ3v) is 5.11. The molecule has 140 valence electrons. The Kier molecular flexibility index (Phi) is 9.73. The van der Waals surface area contributed by atoms with E-state index >= 15 is 0 Å². The molecule has 0 saturated heterocycles. The third-order valence-electron chi connectivity index (χ3n) is 2.77. The summed E-state index contributed by atoms with van der Waals surface area (Å²) in [5.74, 6) is -0.827. The van der Waals surface area contributed by atoms with Gasteiger partial charge in [0.1, 0.15) is 0 Å². The number of nitrogens with one attached hydrogen (secondary N) is 1. The van der Waals surface area contributed by atoms with Crippen LogP contribution in [0, 0.1) is 0 Å². The highest BCUT2D eigenvalue weighted by atomic mass is 32.2. The van der Waals surface area contributed by atoms with Gasteiger partial charge in [0, 0.05) is 6.54 Å². The molecule has 0 aliphatic heterocycles. The molecule has 0 fully saturated rings. The van der Waals surface area contributed by atoms with Gasteiger partial charge < -0.3 is 4.90 Å². The maximum Gasteiger partial charge on any atom is 0.264 e. The molecule has 0 aromatic rings. The fourth-order valence-corrected chi connectivity index (χ4v) is 3.34. The lowest BCUT2D eigenvalue weighted by molar-refractivity contribution is 0.271. The molecule has 10 nitrogen and oxygen atoms in total. The van der Waals surface area contributed by atoms with Crippen LogP contribution in [0.4, 0.5) is 0 Å². The molecular weight excluding hydrogens is 372 g/mol. The van der Waals surface area contributed by atoms with Gasteiger partial charge in [0.15, 0.2) is 0 Å². The molecule has 0 saturated carbocycles. The second kappa shape index (κ2) is 9.86. The Morgan fingerprint density at radius 1 is 0.783 bits per heavy atom.